The standard InChI is InChI=1S/C14H20N2O4/c1-4-7-16(10-13(17)19-2)9-12-6-5-11(8-15-12)14(18)20-3/h5-6,8H,4,7,9-10H2,1-3H3. The lowest BCUT2D eigenvalue weighted by Crippen LogP contribution is -2.31. The molecular formula is C14H20N2O4. The van der Waals surface area contributed by atoms with Crippen molar-refractivity contribution in [2.45, 2.75) is 19.9 Å². The molecule has 20 heavy (non-hydrogen) atoms. The minimum atomic E-state index is -0.413. The van der Waals surface area contributed by atoms with E-state index >= 15 is 0 Å². The van der Waals surface area contributed by atoms with E-state index < -0.39 is 5.97 Å². The molecule has 0 aromatic carbocycles. The Morgan fingerprint density at radius 2 is 2.00 bits per heavy atom. The molecule has 0 spiro atoms. The van der Waals surface area contributed by atoms with Crippen LogP contribution >= 0.6 is 0 Å². The topological polar surface area (TPSA) is 68.7 Å². The van der Waals surface area contributed by atoms with E-state index in [1.54, 1.807) is 12.1 Å². The van der Waals surface area contributed by atoms with Gasteiger partial charge in [0.15, 0.2) is 0 Å². The van der Waals surface area contributed by atoms with Crippen molar-refractivity contribution in [3.8, 4) is 0 Å². The van der Waals surface area contributed by atoms with Crippen LogP contribution in [0.25, 0.3) is 0 Å². The van der Waals surface area contributed by atoms with E-state index in [0.717, 1.165) is 18.7 Å². The van der Waals surface area contributed by atoms with Crippen LogP contribution in [0.2, 0.25) is 0 Å². The second-order valence-corrected chi connectivity index (χ2v) is 4.32. The molecule has 0 N–H and O–H groups in total. The molecule has 0 aliphatic carbocycles. The zero-order valence-electron chi connectivity index (χ0n) is 12.1. The fraction of sp³-hybridized carbons (Fsp3) is 0.500. The lowest BCUT2D eigenvalue weighted by Gasteiger charge is -2.19. The average molecular weight is 280 g/mol. The third-order valence-corrected chi connectivity index (χ3v) is 2.75. The second-order valence-electron chi connectivity index (χ2n) is 4.32. The minimum absolute atomic E-state index is 0.227. The number of hydrogen-bond donors (Lipinski definition) is 0. The lowest BCUT2D eigenvalue weighted by molar-refractivity contribution is -0.142. The average Bonchev–Trinajstić information content (AvgIpc) is 2.47. The maximum Gasteiger partial charge on any atom is 0.339 e. The summed E-state index contributed by atoms with van der Waals surface area (Å²) in [5, 5.41) is 0. The van der Waals surface area contributed by atoms with E-state index in [9.17, 15) is 9.59 Å². The zero-order chi connectivity index (χ0) is 15.0. The van der Waals surface area contributed by atoms with E-state index in [4.69, 9.17) is 0 Å². The van der Waals surface area contributed by atoms with Gasteiger partial charge in [-0.25, -0.2) is 4.79 Å². The van der Waals surface area contributed by atoms with E-state index in [-0.39, 0.29) is 12.5 Å². The van der Waals surface area contributed by atoms with Crippen molar-refractivity contribution < 1.29 is 19.1 Å². The number of methoxy groups -OCH3 is 2. The van der Waals surface area contributed by atoms with Crippen LogP contribution in [-0.2, 0) is 20.8 Å². The van der Waals surface area contributed by atoms with Crippen LogP contribution in [0.4, 0.5) is 0 Å². The molecule has 0 atom stereocenters. The zero-order valence-corrected chi connectivity index (χ0v) is 12.1. The molecule has 0 unspecified atom stereocenters. The molecule has 1 aromatic heterocycles. The highest BCUT2D eigenvalue weighted by Gasteiger charge is 2.12. The summed E-state index contributed by atoms with van der Waals surface area (Å²) >= 11 is 0. The molecule has 1 aromatic rings. The number of carbonyl (C=O) groups is 2. The normalized spacial score (nSPS) is 10.4. The van der Waals surface area contributed by atoms with E-state index in [0.29, 0.717) is 12.1 Å². The summed E-state index contributed by atoms with van der Waals surface area (Å²) in [6.07, 6.45) is 2.40. The molecule has 1 heterocycles. The fourth-order valence-corrected chi connectivity index (χ4v) is 1.76. The highest BCUT2D eigenvalue weighted by atomic mass is 16.5. The van der Waals surface area contributed by atoms with Crippen LogP contribution in [0.5, 0.6) is 0 Å². The van der Waals surface area contributed by atoms with E-state index in [1.165, 1.54) is 20.4 Å². The third kappa shape index (κ3) is 4.97. The van der Waals surface area contributed by atoms with Gasteiger partial charge in [0.05, 0.1) is 32.0 Å². The van der Waals surface area contributed by atoms with Gasteiger partial charge >= 0.3 is 11.9 Å². The van der Waals surface area contributed by atoms with Crippen LogP contribution < -0.4 is 0 Å². The van der Waals surface area contributed by atoms with Crippen molar-refractivity contribution in [3.05, 3.63) is 29.6 Å². The number of carbonyl (C=O) groups excluding carboxylic acids is 2. The summed E-state index contributed by atoms with van der Waals surface area (Å²) < 4.78 is 9.28. The Balaban J connectivity index is 2.68. The van der Waals surface area contributed by atoms with Gasteiger partial charge in [-0.1, -0.05) is 6.92 Å². The molecular weight excluding hydrogens is 260 g/mol. The molecule has 0 radical (unpaired) electrons. The number of pyridine rings is 1. The van der Waals surface area contributed by atoms with Gasteiger partial charge in [0.1, 0.15) is 0 Å². The first-order valence-corrected chi connectivity index (χ1v) is 6.43. The summed E-state index contributed by atoms with van der Waals surface area (Å²) in [6, 6.07) is 3.42. The Labute approximate surface area is 118 Å². The minimum Gasteiger partial charge on any atom is -0.468 e. The van der Waals surface area contributed by atoms with Crippen molar-refractivity contribution >= 4 is 11.9 Å². The van der Waals surface area contributed by atoms with Gasteiger partial charge in [0.2, 0.25) is 0 Å². The van der Waals surface area contributed by atoms with Crippen molar-refractivity contribution in [1.29, 1.82) is 0 Å². The molecule has 0 fully saturated rings. The summed E-state index contributed by atoms with van der Waals surface area (Å²) in [7, 11) is 2.70. The third-order valence-electron chi connectivity index (χ3n) is 2.75. The van der Waals surface area contributed by atoms with Crippen molar-refractivity contribution in [2.24, 2.45) is 0 Å². The predicted molar refractivity (Wildman–Crippen MR) is 73.2 cm³/mol. The number of ether oxygens (including phenoxy) is 2. The first kappa shape index (κ1) is 16.1. The van der Waals surface area contributed by atoms with Crippen molar-refractivity contribution in [1.82, 2.24) is 9.88 Å². The largest absolute Gasteiger partial charge is 0.468 e. The molecule has 0 aliphatic heterocycles. The maximum absolute atomic E-state index is 11.3. The monoisotopic (exact) mass is 280 g/mol. The van der Waals surface area contributed by atoms with Crippen LogP contribution in [0.15, 0.2) is 18.3 Å². The molecule has 0 saturated carbocycles. The summed E-state index contributed by atoms with van der Waals surface area (Å²) in [4.78, 5) is 28.8. The molecule has 110 valence electrons. The highest BCUT2D eigenvalue weighted by Crippen LogP contribution is 2.06. The Bertz CT molecular complexity index is 445. The van der Waals surface area contributed by atoms with Gasteiger partial charge in [0, 0.05) is 12.7 Å². The van der Waals surface area contributed by atoms with Crippen molar-refractivity contribution in [3.63, 3.8) is 0 Å². The Morgan fingerprint density at radius 1 is 1.25 bits per heavy atom. The molecule has 0 bridgehead atoms. The molecule has 6 nitrogen and oxygen atoms in total. The number of hydrogen-bond acceptors (Lipinski definition) is 6. The fourth-order valence-electron chi connectivity index (χ4n) is 1.76. The number of nitrogens with zero attached hydrogens (tertiary/aromatic N) is 2. The lowest BCUT2D eigenvalue weighted by atomic mass is 10.2. The van der Waals surface area contributed by atoms with Gasteiger partial charge in [-0.3, -0.25) is 14.7 Å². The van der Waals surface area contributed by atoms with Crippen LogP contribution in [0, 0.1) is 0 Å². The van der Waals surface area contributed by atoms with Crippen LogP contribution in [0.3, 0.4) is 0 Å². The van der Waals surface area contributed by atoms with Gasteiger partial charge in [-0.15, -0.1) is 0 Å². The summed E-state index contributed by atoms with van der Waals surface area (Å²) in [5.41, 5.74) is 1.20. The van der Waals surface area contributed by atoms with Crippen LogP contribution in [-0.4, -0.2) is 49.1 Å². The quantitative estimate of drug-likeness (QED) is 0.700. The summed E-state index contributed by atoms with van der Waals surface area (Å²) in [6.45, 7) is 3.57. The van der Waals surface area contributed by atoms with Gasteiger partial charge in [0.25, 0.3) is 0 Å². The number of rotatable bonds is 7. The SMILES string of the molecule is CCCN(CC(=O)OC)Cc1ccc(C(=O)OC)cn1. The van der Waals surface area contributed by atoms with E-state index in [1.807, 2.05) is 11.8 Å². The first-order chi connectivity index (χ1) is 9.60. The number of aromatic nitrogens is 1. The molecule has 1 rings (SSSR count). The molecule has 0 amide bonds. The molecule has 0 saturated heterocycles. The number of esters is 2. The Kier molecular flexibility index (Phi) is 6.66. The van der Waals surface area contributed by atoms with Gasteiger partial charge in [-0.05, 0) is 25.1 Å². The van der Waals surface area contributed by atoms with Crippen molar-refractivity contribution in [2.75, 3.05) is 27.3 Å². The first-order valence-electron chi connectivity index (χ1n) is 6.43. The molecule has 6 heteroatoms. The predicted octanol–water partition coefficient (Wildman–Crippen LogP) is 1.25. The highest BCUT2D eigenvalue weighted by molar-refractivity contribution is 5.88. The Hall–Kier alpha value is -1.95. The van der Waals surface area contributed by atoms with Crippen LogP contribution in [0.1, 0.15) is 29.4 Å². The second kappa shape index (κ2) is 8.27. The maximum atomic E-state index is 11.3. The van der Waals surface area contributed by atoms with Gasteiger partial charge in [-0.2, -0.15) is 0 Å². The summed E-state index contributed by atoms with van der Waals surface area (Å²) in [5.74, 6) is -0.686. The Morgan fingerprint density at radius 3 is 2.50 bits per heavy atom. The molecule has 0 aliphatic rings. The smallest absolute Gasteiger partial charge is 0.339 e. The van der Waals surface area contributed by atoms with E-state index in [2.05, 4.69) is 14.5 Å². The van der Waals surface area contributed by atoms with Gasteiger partial charge < -0.3 is 9.47 Å².